The Bertz CT molecular complexity index is 233. The van der Waals surface area contributed by atoms with Crippen molar-refractivity contribution in [3.8, 4) is 0 Å². The lowest BCUT2D eigenvalue weighted by molar-refractivity contribution is 0.804. The normalized spacial score (nSPS) is 12.6. The molecule has 1 aromatic rings. The van der Waals surface area contributed by atoms with Crippen LogP contribution in [-0.2, 0) is 0 Å². The molecule has 1 aromatic carbocycles. The van der Waals surface area contributed by atoms with Crippen molar-refractivity contribution in [1.82, 2.24) is 0 Å². The highest BCUT2D eigenvalue weighted by atomic mass is 79.9. The predicted molar refractivity (Wildman–Crippen MR) is 56.3 cm³/mol. The van der Waals surface area contributed by atoms with Gasteiger partial charge in [0.2, 0.25) is 0 Å². The van der Waals surface area contributed by atoms with E-state index < -0.39 is 0 Å². The monoisotopic (exact) mass is 228 g/mol. The van der Waals surface area contributed by atoms with Gasteiger partial charge in [-0.25, -0.2) is 0 Å². The smallest absolute Gasteiger partial charge is 0.0355 e. The van der Waals surface area contributed by atoms with Crippen molar-refractivity contribution >= 4 is 21.6 Å². The Morgan fingerprint density at radius 1 is 1.42 bits per heavy atom. The summed E-state index contributed by atoms with van der Waals surface area (Å²) in [4.78, 5) is 0. The lowest BCUT2D eigenvalue weighted by Crippen LogP contribution is -2.24. The summed E-state index contributed by atoms with van der Waals surface area (Å²) in [7, 11) is 0. The number of nitrogens with one attached hydrogen (secondary N) is 1. The van der Waals surface area contributed by atoms with E-state index >= 15 is 0 Å². The number of nitrogens with two attached hydrogens (primary N) is 1. The van der Waals surface area contributed by atoms with Crippen molar-refractivity contribution in [3.63, 3.8) is 0 Å². The van der Waals surface area contributed by atoms with Gasteiger partial charge in [-0.3, -0.25) is 0 Å². The molecule has 0 radical (unpaired) electrons. The van der Waals surface area contributed by atoms with Crippen molar-refractivity contribution < 1.29 is 0 Å². The zero-order valence-electron chi connectivity index (χ0n) is 7.05. The van der Waals surface area contributed by atoms with Gasteiger partial charge in [0.1, 0.15) is 0 Å². The molecule has 0 fully saturated rings. The molecule has 0 aliphatic heterocycles. The maximum atomic E-state index is 5.48. The molecule has 0 saturated carbocycles. The van der Waals surface area contributed by atoms with Crippen LogP contribution in [0, 0.1) is 0 Å². The minimum absolute atomic E-state index is 0.325. The standard InChI is InChI=1S/C9H13BrN2/c1-7(6-11)12-9-4-2-8(10)3-5-9/h2-5,7,12H,6,11H2,1H3. The zero-order valence-corrected chi connectivity index (χ0v) is 8.64. The molecule has 0 saturated heterocycles. The van der Waals surface area contributed by atoms with Crippen molar-refractivity contribution in [3.05, 3.63) is 28.7 Å². The van der Waals surface area contributed by atoms with Crippen LogP contribution in [0.4, 0.5) is 5.69 Å². The summed E-state index contributed by atoms with van der Waals surface area (Å²) in [6, 6.07) is 8.38. The molecule has 0 amide bonds. The van der Waals surface area contributed by atoms with E-state index in [0.29, 0.717) is 12.6 Å². The van der Waals surface area contributed by atoms with Crippen LogP contribution in [-0.4, -0.2) is 12.6 Å². The van der Waals surface area contributed by atoms with Crippen molar-refractivity contribution in [2.75, 3.05) is 11.9 Å². The summed E-state index contributed by atoms with van der Waals surface area (Å²) >= 11 is 3.38. The van der Waals surface area contributed by atoms with Gasteiger partial charge in [-0.2, -0.15) is 0 Å². The van der Waals surface area contributed by atoms with Crippen LogP contribution >= 0.6 is 15.9 Å². The molecule has 12 heavy (non-hydrogen) atoms. The summed E-state index contributed by atoms with van der Waals surface area (Å²) in [5, 5.41) is 3.27. The highest BCUT2D eigenvalue weighted by Crippen LogP contribution is 2.14. The molecule has 3 heteroatoms. The summed E-state index contributed by atoms with van der Waals surface area (Å²) in [6.45, 7) is 2.71. The second-order valence-corrected chi connectivity index (χ2v) is 3.70. The molecular formula is C9H13BrN2. The Hall–Kier alpha value is -0.540. The quantitative estimate of drug-likeness (QED) is 0.833. The number of benzene rings is 1. The molecule has 3 N–H and O–H groups in total. The Balaban J connectivity index is 2.58. The third-order valence-electron chi connectivity index (χ3n) is 1.61. The third kappa shape index (κ3) is 2.83. The van der Waals surface area contributed by atoms with Gasteiger partial charge < -0.3 is 11.1 Å². The molecule has 66 valence electrons. The third-order valence-corrected chi connectivity index (χ3v) is 2.14. The first-order valence-corrected chi connectivity index (χ1v) is 4.74. The lowest BCUT2D eigenvalue weighted by Gasteiger charge is -2.12. The lowest BCUT2D eigenvalue weighted by atomic mass is 10.3. The van der Waals surface area contributed by atoms with Crippen LogP contribution in [0.15, 0.2) is 28.7 Å². The van der Waals surface area contributed by atoms with E-state index in [1.807, 2.05) is 24.3 Å². The first-order valence-electron chi connectivity index (χ1n) is 3.94. The van der Waals surface area contributed by atoms with Crippen molar-refractivity contribution in [2.24, 2.45) is 5.73 Å². The second kappa shape index (κ2) is 4.48. The van der Waals surface area contributed by atoms with Gasteiger partial charge in [0.15, 0.2) is 0 Å². The molecule has 0 heterocycles. The number of hydrogen-bond donors (Lipinski definition) is 2. The van der Waals surface area contributed by atoms with E-state index in [1.54, 1.807) is 0 Å². The Morgan fingerprint density at radius 3 is 2.50 bits per heavy atom. The zero-order chi connectivity index (χ0) is 8.97. The number of halogens is 1. The van der Waals surface area contributed by atoms with Crippen LogP contribution in [0.2, 0.25) is 0 Å². The first kappa shape index (κ1) is 9.55. The summed E-state index contributed by atoms with van der Waals surface area (Å²) in [5.74, 6) is 0. The molecule has 1 atom stereocenters. The largest absolute Gasteiger partial charge is 0.381 e. The maximum Gasteiger partial charge on any atom is 0.0355 e. The Labute approximate surface area is 81.3 Å². The van der Waals surface area contributed by atoms with Crippen molar-refractivity contribution in [1.29, 1.82) is 0 Å². The molecule has 1 unspecified atom stereocenters. The van der Waals surface area contributed by atoms with Crippen LogP contribution in [0.25, 0.3) is 0 Å². The number of hydrogen-bond acceptors (Lipinski definition) is 2. The highest BCUT2D eigenvalue weighted by Gasteiger charge is 1.97. The molecule has 0 aromatic heterocycles. The van der Waals surface area contributed by atoms with E-state index in [0.717, 1.165) is 10.2 Å². The number of anilines is 1. The molecule has 0 spiro atoms. The van der Waals surface area contributed by atoms with Gasteiger partial charge >= 0.3 is 0 Å². The fourth-order valence-electron chi connectivity index (χ4n) is 0.890. The van der Waals surface area contributed by atoms with E-state index in [1.165, 1.54) is 0 Å². The Morgan fingerprint density at radius 2 is 2.00 bits per heavy atom. The highest BCUT2D eigenvalue weighted by molar-refractivity contribution is 9.10. The maximum absolute atomic E-state index is 5.48. The van der Waals surface area contributed by atoms with E-state index in [-0.39, 0.29) is 0 Å². The molecule has 0 aliphatic rings. The van der Waals surface area contributed by atoms with Gasteiger partial charge in [-0.05, 0) is 31.2 Å². The van der Waals surface area contributed by atoms with Gasteiger partial charge in [-0.15, -0.1) is 0 Å². The topological polar surface area (TPSA) is 38.0 Å². The molecule has 2 nitrogen and oxygen atoms in total. The minimum atomic E-state index is 0.325. The van der Waals surface area contributed by atoms with Gasteiger partial charge in [-0.1, -0.05) is 15.9 Å². The summed E-state index contributed by atoms with van der Waals surface area (Å²) < 4.78 is 1.09. The van der Waals surface area contributed by atoms with Crippen LogP contribution in [0.5, 0.6) is 0 Å². The van der Waals surface area contributed by atoms with Crippen LogP contribution in [0.3, 0.4) is 0 Å². The van der Waals surface area contributed by atoms with Crippen LogP contribution in [0.1, 0.15) is 6.92 Å². The van der Waals surface area contributed by atoms with Gasteiger partial charge in [0, 0.05) is 22.7 Å². The van der Waals surface area contributed by atoms with Crippen molar-refractivity contribution in [2.45, 2.75) is 13.0 Å². The average molecular weight is 229 g/mol. The predicted octanol–water partition coefficient (Wildman–Crippen LogP) is 2.21. The van der Waals surface area contributed by atoms with Crippen LogP contribution < -0.4 is 11.1 Å². The van der Waals surface area contributed by atoms with E-state index in [4.69, 9.17) is 5.73 Å². The summed E-state index contributed by atoms with van der Waals surface area (Å²) in [6.07, 6.45) is 0. The molecule has 0 aliphatic carbocycles. The SMILES string of the molecule is CC(CN)Nc1ccc(Br)cc1. The molecule has 1 rings (SSSR count). The fourth-order valence-corrected chi connectivity index (χ4v) is 1.15. The molecule has 0 bridgehead atoms. The summed E-state index contributed by atoms with van der Waals surface area (Å²) in [5.41, 5.74) is 6.59. The minimum Gasteiger partial charge on any atom is -0.381 e. The first-order chi connectivity index (χ1) is 5.72. The molecular weight excluding hydrogens is 216 g/mol. The van der Waals surface area contributed by atoms with Gasteiger partial charge in [0.05, 0.1) is 0 Å². The fraction of sp³-hybridized carbons (Fsp3) is 0.333. The average Bonchev–Trinajstić information content (AvgIpc) is 2.09. The van der Waals surface area contributed by atoms with E-state index in [2.05, 4.69) is 28.2 Å². The second-order valence-electron chi connectivity index (χ2n) is 2.79. The Kier molecular flexibility index (Phi) is 3.56. The van der Waals surface area contributed by atoms with Gasteiger partial charge in [0.25, 0.3) is 0 Å². The van der Waals surface area contributed by atoms with E-state index in [9.17, 15) is 0 Å². The number of rotatable bonds is 3.